The minimum Gasteiger partial charge on any atom is -0.494 e. The molecule has 2 rings (SSSR count). The van der Waals surface area contributed by atoms with Gasteiger partial charge in [0.05, 0.1) is 17.6 Å². The molecule has 0 aromatic heterocycles. The van der Waals surface area contributed by atoms with Gasteiger partial charge in [0.2, 0.25) is 0 Å². The molecule has 0 saturated carbocycles. The average molecular weight is 368 g/mol. The maximum atomic E-state index is 11.2. The molecule has 5 nitrogen and oxygen atoms in total. The maximum Gasteiger partial charge on any atom is 0.278 e. The summed E-state index contributed by atoms with van der Waals surface area (Å²) in [5, 5.41) is 11.2. The van der Waals surface area contributed by atoms with Crippen molar-refractivity contribution in [2.24, 2.45) is 4.99 Å². The highest BCUT2D eigenvalue weighted by Gasteiger charge is 2.25. The summed E-state index contributed by atoms with van der Waals surface area (Å²) in [5.74, 6) is 0.699. The van der Waals surface area contributed by atoms with Crippen molar-refractivity contribution >= 4 is 17.6 Å². The average Bonchev–Trinajstić information content (AvgIpc) is 2.57. The zero-order valence-electron chi connectivity index (χ0n) is 17.2. The van der Waals surface area contributed by atoms with Crippen LogP contribution in [0.1, 0.15) is 58.2 Å². The third-order valence-electron chi connectivity index (χ3n) is 4.42. The lowest BCUT2D eigenvalue weighted by molar-refractivity contribution is -0.385. The first kappa shape index (κ1) is 20.6. The van der Waals surface area contributed by atoms with Gasteiger partial charge >= 0.3 is 0 Å². The Morgan fingerprint density at radius 2 is 1.67 bits per heavy atom. The number of nitrogens with zero attached hydrogens (tertiary/aromatic N) is 2. The maximum absolute atomic E-state index is 11.2. The van der Waals surface area contributed by atoms with E-state index in [0.29, 0.717) is 17.0 Å². The zero-order valence-corrected chi connectivity index (χ0v) is 17.2. The van der Waals surface area contributed by atoms with E-state index < -0.39 is 4.92 Å². The molecule has 27 heavy (non-hydrogen) atoms. The molecule has 0 atom stereocenters. The summed E-state index contributed by atoms with van der Waals surface area (Å²) in [6, 6.07) is 10.7. The summed E-state index contributed by atoms with van der Waals surface area (Å²) >= 11 is 0. The molecule has 0 aliphatic rings. The van der Waals surface area contributed by atoms with E-state index in [9.17, 15) is 10.1 Å². The molecule has 2 aromatic rings. The highest BCUT2D eigenvalue weighted by Crippen LogP contribution is 2.42. The van der Waals surface area contributed by atoms with Crippen molar-refractivity contribution in [3.63, 3.8) is 0 Å². The summed E-state index contributed by atoms with van der Waals surface area (Å²) in [5.41, 5.74) is 3.18. The van der Waals surface area contributed by atoms with Crippen molar-refractivity contribution < 1.29 is 9.66 Å². The van der Waals surface area contributed by atoms with Crippen LogP contribution in [-0.4, -0.2) is 18.2 Å². The largest absolute Gasteiger partial charge is 0.494 e. The Morgan fingerprint density at radius 3 is 2.19 bits per heavy atom. The molecule has 144 valence electrons. The fraction of sp³-hybridized carbons (Fsp3) is 0.409. The molecule has 0 saturated heterocycles. The SMILES string of the molecule is COc1c(/N=C/c2ccccc2[N+](=O)[O-])cc(C(C)(C)C)cc1C(C)(C)C. The predicted octanol–water partition coefficient (Wildman–Crippen LogP) is 5.95. The molecule has 2 aromatic carbocycles. The van der Waals surface area contributed by atoms with E-state index in [1.165, 1.54) is 12.3 Å². The number of nitro groups is 1. The second-order valence-corrected chi connectivity index (χ2v) is 8.65. The Balaban J connectivity index is 2.67. The van der Waals surface area contributed by atoms with E-state index in [-0.39, 0.29) is 16.5 Å². The van der Waals surface area contributed by atoms with Gasteiger partial charge in [-0.15, -0.1) is 0 Å². The van der Waals surface area contributed by atoms with Gasteiger partial charge in [-0.05, 0) is 28.5 Å². The third kappa shape index (κ3) is 4.73. The van der Waals surface area contributed by atoms with Crippen LogP contribution in [0.5, 0.6) is 5.75 Å². The molecular formula is C22H28N2O3. The second-order valence-electron chi connectivity index (χ2n) is 8.65. The van der Waals surface area contributed by atoms with Crippen LogP contribution in [-0.2, 0) is 10.8 Å². The molecular weight excluding hydrogens is 340 g/mol. The van der Waals surface area contributed by atoms with Crippen LogP contribution >= 0.6 is 0 Å². The number of para-hydroxylation sites is 1. The fourth-order valence-electron chi connectivity index (χ4n) is 2.82. The lowest BCUT2D eigenvalue weighted by Crippen LogP contribution is -2.17. The Hall–Kier alpha value is -2.69. The number of methoxy groups -OCH3 is 1. The van der Waals surface area contributed by atoms with Crippen molar-refractivity contribution in [3.8, 4) is 5.75 Å². The van der Waals surface area contributed by atoms with E-state index in [4.69, 9.17) is 4.74 Å². The number of aliphatic imine (C=N–C) groups is 1. The number of hydrogen-bond donors (Lipinski definition) is 0. The topological polar surface area (TPSA) is 64.7 Å². The summed E-state index contributed by atoms with van der Waals surface area (Å²) in [6.45, 7) is 12.8. The van der Waals surface area contributed by atoms with Crippen molar-refractivity contribution in [3.05, 3.63) is 63.2 Å². The Bertz CT molecular complexity index is 872. The summed E-state index contributed by atoms with van der Waals surface area (Å²) in [4.78, 5) is 15.4. The minimum absolute atomic E-state index is 0.0308. The van der Waals surface area contributed by atoms with E-state index in [1.807, 2.05) is 6.07 Å². The lowest BCUT2D eigenvalue weighted by atomic mass is 9.79. The van der Waals surface area contributed by atoms with Gasteiger partial charge in [0.1, 0.15) is 11.4 Å². The highest BCUT2D eigenvalue weighted by atomic mass is 16.6. The molecule has 0 heterocycles. The Morgan fingerprint density at radius 1 is 1.04 bits per heavy atom. The van der Waals surface area contributed by atoms with Crippen LogP contribution < -0.4 is 4.74 Å². The molecule has 0 spiro atoms. The molecule has 0 radical (unpaired) electrons. The molecule has 0 aliphatic carbocycles. The van der Waals surface area contributed by atoms with Gasteiger partial charge in [0.15, 0.2) is 0 Å². The fourth-order valence-corrected chi connectivity index (χ4v) is 2.82. The number of nitro benzene ring substituents is 1. The van der Waals surface area contributed by atoms with Crippen LogP contribution in [0, 0.1) is 10.1 Å². The number of ether oxygens (including phenoxy) is 1. The molecule has 0 aliphatic heterocycles. The first-order chi connectivity index (χ1) is 12.4. The van der Waals surface area contributed by atoms with Gasteiger partial charge in [0.25, 0.3) is 5.69 Å². The molecule has 0 amide bonds. The summed E-state index contributed by atoms with van der Waals surface area (Å²) < 4.78 is 5.69. The van der Waals surface area contributed by atoms with Crippen LogP contribution in [0.2, 0.25) is 0 Å². The smallest absolute Gasteiger partial charge is 0.278 e. The standard InChI is InChI=1S/C22H28N2O3/c1-21(2,3)16-12-17(22(4,5)6)20(27-7)18(13-16)23-14-15-10-8-9-11-19(15)24(25)26/h8-14H,1-7H3/b23-14+. The molecule has 0 unspecified atom stereocenters. The Kier molecular flexibility index (Phi) is 5.73. The second kappa shape index (κ2) is 7.51. The number of benzene rings is 2. The normalized spacial score (nSPS) is 12.4. The van der Waals surface area contributed by atoms with E-state index >= 15 is 0 Å². The van der Waals surface area contributed by atoms with Gasteiger partial charge in [-0.2, -0.15) is 0 Å². The monoisotopic (exact) mass is 368 g/mol. The Labute approximate surface area is 161 Å². The van der Waals surface area contributed by atoms with Crippen molar-refractivity contribution in [1.82, 2.24) is 0 Å². The quantitative estimate of drug-likeness (QED) is 0.380. The van der Waals surface area contributed by atoms with Crippen molar-refractivity contribution in [2.75, 3.05) is 7.11 Å². The lowest BCUT2D eigenvalue weighted by Gasteiger charge is -2.27. The van der Waals surface area contributed by atoms with Crippen molar-refractivity contribution in [1.29, 1.82) is 0 Å². The first-order valence-corrected chi connectivity index (χ1v) is 8.95. The van der Waals surface area contributed by atoms with Crippen molar-refractivity contribution in [2.45, 2.75) is 52.4 Å². The van der Waals surface area contributed by atoms with Gasteiger partial charge in [-0.1, -0.05) is 59.7 Å². The minimum atomic E-state index is -0.398. The van der Waals surface area contributed by atoms with E-state index in [1.54, 1.807) is 25.3 Å². The molecule has 0 bridgehead atoms. The van der Waals surface area contributed by atoms with Crippen LogP contribution in [0.3, 0.4) is 0 Å². The van der Waals surface area contributed by atoms with Crippen LogP contribution in [0.25, 0.3) is 0 Å². The highest BCUT2D eigenvalue weighted by molar-refractivity contribution is 5.87. The van der Waals surface area contributed by atoms with Gasteiger partial charge in [0, 0.05) is 17.8 Å². The van der Waals surface area contributed by atoms with E-state index in [0.717, 1.165) is 11.1 Å². The summed E-state index contributed by atoms with van der Waals surface area (Å²) in [7, 11) is 1.63. The third-order valence-corrected chi connectivity index (χ3v) is 4.42. The molecule has 0 N–H and O–H groups in total. The summed E-state index contributed by atoms with van der Waals surface area (Å²) in [6.07, 6.45) is 1.54. The molecule has 5 heteroatoms. The zero-order chi connectivity index (χ0) is 20.4. The molecule has 0 fully saturated rings. The van der Waals surface area contributed by atoms with Gasteiger partial charge in [-0.3, -0.25) is 15.1 Å². The van der Waals surface area contributed by atoms with E-state index in [2.05, 4.69) is 52.6 Å². The van der Waals surface area contributed by atoms with Gasteiger partial charge < -0.3 is 4.74 Å². The van der Waals surface area contributed by atoms with Crippen LogP contribution in [0.4, 0.5) is 11.4 Å². The number of hydrogen-bond acceptors (Lipinski definition) is 4. The first-order valence-electron chi connectivity index (χ1n) is 8.95. The van der Waals surface area contributed by atoms with Gasteiger partial charge in [-0.25, -0.2) is 0 Å². The number of rotatable bonds is 4. The predicted molar refractivity (Wildman–Crippen MR) is 111 cm³/mol. The van der Waals surface area contributed by atoms with Crippen LogP contribution in [0.15, 0.2) is 41.4 Å².